The molecule has 27 heavy (non-hydrogen) atoms. The number of carbonyl (C=O) groups excluding carboxylic acids is 3. The lowest BCUT2D eigenvalue weighted by Gasteiger charge is -2.17. The Labute approximate surface area is 159 Å². The molecule has 0 radical (unpaired) electrons. The molecule has 142 valence electrons. The first kappa shape index (κ1) is 20.4. The van der Waals surface area contributed by atoms with E-state index in [0.717, 1.165) is 27.8 Å². The second-order valence-corrected chi connectivity index (χ2v) is 6.76. The Kier molecular flexibility index (Phi) is 6.16. The van der Waals surface area contributed by atoms with Gasteiger partial charge in [0.05, 0.1) is 5.56 Å². The number of ether oxygens (including phenoxy) is 1. The van der Waals surface area contributed by atoms with Gasteiger partial charge in [0, 0.05) is 11.3 Å². The molecule has 1 amide bonds. The first-order valence-corrected chi connectivity index (χ1v) is 8.78. The van der Waals surface area contributed by atoms with Gasteiger partial charge in [-0.1, -0.05) is 0 Å². The van der Waals surface area contributed by atoms with E-state index in [4.69, 9.17) is 4.74 Å². The molecule has 0 aliphatic heterocycles. The summed E-state index contributed by atoms with van der Waals surface area (Å²) in [5.41, 5.74) is 6.65. The van der Waals surface area contributed by atoms with E-state index in [1.165, 1.54) is 6.92 Å². The molecule has 0 aliphatic carbocycles. The van der Waals surface area contributed by atoms with E-state index in [9.17, 15) is 14.4 Å². The van der Waals surface area contributed by atoms with Gasteiger partial charge in [-0.25, -0.2) is 4.79 Å². The van der Waals surface area contributed by atoms with Gasteiger partial charge in [0.1, 0.15) is 0 Å². The van der Waals surface area contributed by atoms with Crippen molar-refractivity contribution in [2.24, 2.45) is 0 Å². The number of anilines is 1. The number of benzene rings is 2. The number of carbonyl (C=O) groups is 3. The highest BCUT2D eigenvalue weighted by Crippen LogP contribution is 2.26. The maximum absolute atomic E-state index is 12.5. The molecule has 0 spiro atoms. The summed E-state index contributed by atoms with van der Waals surface area (Å²) in [5, 5.41) is 2.65. The summed E-state index contributed by atoms with van der Waals surface area (Å²) >= 11 is 0. The van der Waals surface area contributed by atoms with Crippen LogP contribution in [0.4, 0.5) is 5.69 Å². The number of hydrogen-bond donors (Lipinski definition) is 1. The number of ketones is 1. The molecule has 1 N–H and O–H groups in total. The predicted octanol–water partition coefficient (Wildman–Crippen LogP) is 4.23. The monoisotopic (exact) mass is 367 g/mol. The average molecular weight is 367 g/mol. The zero-order chi connectivity index (χ0) is 20.3. The summed E-state index contributed by atoms with van der Waals surface area (Å²) in [6.07, 6.45) is 0. The van der Waals surface area contributed by atoms with Crippen LogP contribution in [0.1, 0.15) is 55.5 Å². The van der Waals surface area contributed by atoms with Gasteiger partial charge in [0.25, 0.3) is 5.91 Å². The number of amides is 1. The summed E-state index contributed by atoms with van der Waals surface area (Å²) in [5.74, 6) is -0.982. The first-order valence-electron chi connectivity index (χ1n) is 8.78. The van der Waals surface area contributed by atoms with Crippen LogP contribution in [-0.4, -0.2) is 24.3 Å². The SMILES string of the molecule is CC(=O)c1ccc(NC(=O)COC(=O)c2c(C)c(C)c(C)c(C)c2C)cc1. The summed E-state index contributed by atoms with van der Waals surface area (Å²) in [6.45, 7) is 10.9. The van der Waals surface area contributed by atoms with Crippen LogP contribution in [0, 0.1) is 34.6 Å². The summed E-state index contributed by atoms with van der Waals surface area (Å²) in [7, 11) is 0. The fourth-order valence-corrected chi connectivity index (χ4v) is 2.99. The van der Waals surface area contributed by atoms with Gasteiger partial charge in [0.15, 0.2) is 12.4 Å². The molecule has 2 aromatic carbocycles. The predicted molar refractivity (Wildman–Crippen MR) is 105 cm³/mol. The Bertz CT molecular complexity index is 882. The molecule has 5 nitrogen and oxygen atoms in total. The van der Waals surface area contributed by atoms with Crippen LogP contribution < -0.4 is 5.32 Å². The van der Waals surface area contributed by atoms with Crippen molar-refractivity contribution in [2.75, 3.05) is 11.9 Å². The molecular weight excluding hydrogens is 342 g/mol. The molecule has 0 bridgehead atoms. The Morgan fingerprint density at radius 1 is 0.815 bits per heavy atom. The minimum Gasteiger partial charge on any atom is -0.452 e. The molecule has 0 saturated carbocycles. The van der Waals surface area contributed by atoms with Crippen LogP contribution in [0.15, 0.2) is 24.3 Å². The molecule has 5 heteroatoms. The van der Waals surface area contributed by atoms with Gasteiger partial charge in [-0.15, -0.1) is 0 Å². The van der Waals surface area contributed by atoms with Crippen molar-refractivity contribution in [3.8, 4) is 0 Å². The van der Waals surface area contributed by atoms with E-state index in [1.54, 1.807) is 24.3 Å². The van der Waals surface area contributed by atoms with Crippen LogP contribution in [0.5, 0.6) is 0 Å². The third-order valence-corrected chi connectivity index (χ3v) is 5.11. The lowest BCUT2D eigenvalue weighted by atomic mass is 9.90. The smallest absolute Gasteiger partial charge is 0.339 e. The maximum atomic E-state index is 12.5. The van der Waals surface area contributed by atoms with E-state index >= 15 is 0 Å². The molecule has 0 unspecified atom stereocenters. The molecule has 0 atom stereocenters. The zero-order valence-electron chi connectivity index (χ0n) is 16.6. The molecule has 0 aromatic heterocycles. The van der Waals surface area contributed by atoms with Crippen LogP contribution in [0.3, 0.4) is 0 Å². The van der Waals surface area contributed by atoms with Crippen molar-refractivity contribution in [1.82, 2.24) is 0 Å². The van der Waals surface area contributed by atoms with Crippen LogP contribution >= 0.6 is 0 Å². The van der Waals surface area contributed by atoms with Crippen LogP contribution in [0.2, 0.25) is 0 Å². The van der Waals surface area contributed by atoms with E-state index in [1.807, 2.05) is 34.6 Å². The summed E-state index contributed by atoms with van der Waals surface area (Å²) in [6, 6.07) is 6.54. The van der Waals surface area contributed by atoms with Crippen LogP contribution in [-0.2, 0) is 9.53 Å². The van der Waals surface area contributed by atoms with Crippen molar-refractivity contribution >= 4 is 23.3 Å². The van der Waals surface area contributed by atoms with Crippen LogP contribution in [0.25, 0.3) is 0 Å². The molecule has 0 saturated heterocycles. The van der Waals surface area contributed by atoms with Crippen molar-refractivity contribution in [3.63, 3.8) is 0 Å². The second kappa shape index (κ2) is 8.16. The van der Waals surface area contributed by atoms with Crippen molar-refractivity contribution in [1.29, 1.82) is 0 Å². The summed E-state index contributed by atoms with van der Waals surface area (Å²) < 4.78 is 5.23. The Morgan fingerprint density at radius 3 is 1.78 bits per heavy atom. The first-order chi connectivity index (χ1) is 12.6. The molecular formula is C22H25NO4. The molecule has 0 fully saturated rings. The van der Waals surface area contributed by atoms with Gasteiger partial charge >= 0.3 is 5.97 Å². The molecule has 2 rings (SSSR count). The molecule has 0 heterocycles. The van der Waals surface area contributed by atoms with E-state index < -0.39 is 11.9 Å². The number of nitrogens with one attached hydrogen (secondary N) is 1. The fraction of sp³-hybridized carbons (Fsp3) is 0.318. The molecule has 0 aliphatic rings. The van der Waals surface area contributed by atoms with Gasteiger partial charge in [0.2, 0.25) is 0 Å². The van der Waals surface area contributed by atoms with Crippen molar-refractivity contribution in [3.05, 3.63) is 63.2 Å². The van der Waals surface area contributed by atoms with Gasteiger partial charge in [-0.05, 0) is 93.6 Å². The third-order valence-electron chi connectivity index (χ3n) is 5.11. The largest absolute Gasteiger partial charge is 0.452 e. The minimum absolute atomic E-state index is 0.0452. The van der Waals surface area contributed by atoms with E-state index in [0.29, 0.717) is 16.8 Å². The number of rotatable bonds is 5. The highest BCUT2D eigenvalue weighted by molar-refractivity contribution is 5.98. The van der Waals surface area contributed by atoms with Crippen molar-refractivity contribution in [2.45, 2.75) is 41.5 Å². The van der Waals surface area contributed by atoms with E-state index in [2.05, 4.69) is 5.32 Å². The van der Waals surface area contributed by atoms with Gasteiger partial charge in [-0.2, -0.15) is 0 Å². The average Bonchev–Trinajstić information content (AvgIpc) is 2.63. The molecule has 2 aromatic rings. The van der Waals surface area contributed by atoms with Gasteiger partial charge < -0.3 is 10.1 Å². The highest BCUT2D eigenvalue weighted by atomic mass is 16.5. The third kappa shape index (κ3) is 4.42. The second-order valence-electron chi connectivity index (χ2n) is 6.76. The number of Topliss-reactive ketones (excluding diaryl/α,β-unsaturated/α-hetero) is 1. The Balaban J connectivity index is 2.05. The number of hydrogen-bond acceptors (Lipinski definition) is 4. The highest BCUT2D eigenvalue weighted by Gasteiger charge is 2.20. The van der Waals surface area contributed by atoms with Gasteiger partial charge in [-0.3, -0.25) is 9.59 Å². The van der Waals surface area contributed by atoms with Crippen molar-refractivity contribution < 1.29 is 19.1 Å². The lowest BCUT2D eigenvalue weighted by Crippen LogP contribution is -2.22. The topological polar surface area (TPSA) is 72.5 Å². The summed E-state index contributed by atoms with van der Waals surface area (Å²) in [4.78, 5) is 35.9. The number of esters is 1. The minimum atomic E-state index is -0.502. The quantitative estimate of drug-likeness (QED) is 0.634. The normalized spacial score (nSPS) is 10.4. The maximum Gasteiger partial charge on any atom is 0.339 e. The fourth-order valence-electron chi connectivity index (χ4n) is 2.99. The Hall–Kier alpha value is -2.95. The lowest BCUT2D eigenvalue weighted by molar-refractivity contribution is -0.119. The standard InChI is InChI=1S/C22H25NO4/c1-12-13(2)15(4)21(16(5)14(12)3)22(26)27-11-20(25)23-19-9-7-18(8-10-19)17(6)24/h7-10H,11H2,1-6H3,(H,23,25). The Morgan fingerprint density at radius 2 is 1.30 bits per heavy atom. The zero-order valence-corrected chi connectivity index (χ0v) is 16.6. The van der Waals surface area contributed by atoms with E-state index in [-0.39, 0.29) is 12.4 Å².